The van der Waals surface area contributed by atoms with E-state index in [0.29, 0.717) is 0 Å². The lowest BCUT2D eigenvalue weighted by molar-refractivity contribution is 0.0610. The normalized spacial score (nSPS) is 30.6. The second kappa shape index (κ2) is 6.28. The molecule has 18 heavy (non-hydrogen) atoms. The van der Waals surface area contributed by atoms with Crippen LogP contribution in [0.15, 0.2) is 0 Å². The van der Waals surface area contributed by atoms with Crippen LogP contribution in [0.1, 0.15) is 57.8 Å². The predicted molar refractivity (Wildman–Crippen MR) is 71.6 cm³/mol. The fourth-order valence-corrected chi connectivity index (χ4v) is 2.82. The Hall–Kier alpha value is -0.960. The molecule has 2 nitrogen and oxygen atoms in total. The highest BCUT2D eigenvalue weighted by molar-refractivity contribution is 5.31. The van der Waals surface area contributed by atoms with Crippen LogP contribution in [0.3, 0.4) is 0 Å². The molecule has 0 radical (unpaired) electrons. The molecule has 2 unspecified atom stereocenters. The molecular formula is C16H22O2. The first-order valence-corrected chi connectivity index (χ1v) is 7.13. The topological polar surface area (TPSA) is 40.5 Å². The van der Waals surface area contributed by atoms with Crippen molar-refractivity contribution in [1.82, 2.24) is 0 Å². The van der Waals surface area contributed by atoms with Crippen molar-refractivity contribution in [2.45, 2.75) is 69.5 Å². The van der Waals surface area contributed by atoms with Crippen molar-refractivity contribution in [1.29, 1.82) is 0 Å². The van der Waals surface area contributed by atoms with E-state index in [4.69, 9.17) is 0 Å². The Kier molecular flexibility index (Phi) is 4.70. The summed E-state index contributed by atoms with van der Waals surface area (Å²) in [7, 11) is 0. The fourth-order valence-electron chi connectivity index (χ4n) is 2.82. The molecule has 98 valence electrons. The maximum atomic E-state index is 10.2. The van der Waals surface area contributed by atoms with E-state index in [0.717, 1.165) is 51.4 Å². The molecule has 0 aromatic carbocycles. The first-order chi connectivity index (χ1) is 8.70. The smallest absolute Gasteiger partial charge is 0.126 e. The second-order valence-corrected chi connectivity index (χ2v) is 5.57. The summed E-state index contributed by atoms with van der Waals surface area (Å²) < 4.78 is 0. The molecule has 0 amide bonds. The summed E-state index contributed by atoms with van der Waals surface area (Å²) in [6.07, 6.45) is 8.64. The Morgan fingerprint density at radius 2 is 1.61 bits per heavy atom. The summed E-state index contributed by atoms with van der Waals surface area (Å²) >= 11 is 0. The molecule has 0 saturated heterocycles. The van der Waals surface area contributed by atoms with Crippen molar-refractivity contribution in [3.63, 3.8) is 0 Å². The van der Waals surface area contributed by atoms with E-state index in [1.54, 1.807) is 0 Å². The standard InChI is InChI=1S/C16H22O2/c17-15-10-3-2-8-14(15)9-4-7-13-16(18)11-5-1-6-12-16/h14-15,17-18H,1-3,5-6,8,10-12H2. The summed E-state index contributed by atoms with van der Waals surface area (Å²) in [4.78, 5) is 0. The van der Waals surface area contributed by atoms with Gasteiger partial charge in [0.05, 0.1) is 6.10 Å². The summed E-state index contributed by atoms with van der Waals surface area (Å²) in [6.45, 7) is 0. The van der Waals surface area contributed by atoms with Crippen molar-refractivity contribution in [2.75, 3.05) is 0 Å². The first-order valence-electron chi connectivity index (χ1n) is 7.13. The molecule has 2 fully saturated rings. The lowest BCUT2D eigenvalue weighted by Crippen LogP contribution is -2.29. The molecule has 0 aliphatic heterocycles. The van der Waals surface area contributed by atoms with Crippen LogP contribution in [0.5, 0.6) is 0 Å². The largest absolute Gasteiger partial charge is 0.392 e. The Bertz CT molecular complexity index is 385. The van der Waals surface area contributed by atoms with E-state index >= 15 is 0 Å². The Labute approximate surface area is 110 Å². The zero-order valence-electron chi connectivity index (χ0n) is 10.9. The average molecular weight is 246 g/mol. The molecule has 2 aliphatic rings. The molecule has 0 spiro atoms. The molecule has 2 aliphatic carbocycles. The zero-order chi connectivity index (χ0) is 12.8. The highest BCUT2D eigenvalue weighted by Crippen LogP contribution is 2.27. The van der Waals surface area contributed by atoms with Crippen LogP contribution in [0.25, 0.3) is 0 Å². The van der Waals surface area contributed by atoms with Crippen LogP contribution < -0.4 is 0 Å². The van der Waals surface area contributed by atoms with Crippen LogP contribution in [-0.4, -0.2) is 21.9 Å². The number of hydrogen-bond acceptors (Lipinski definition) is 2. The monoisotopic (exact) mass is 246 g/mol. The van der Waals surface area contributed by atoms with E-state index in [-0.39, 0.29) is 12.0 Å². The molecule has 0 aromatic heterocycles. The van der Waals surface area contributed by atoms with Crippen LogP contribution in [0.2, 0.25) is 0 Å². The maximum Gasteiger partial charge on any atom is 0.126 e. The highest BCUT2D eigenvalue weighted by Gasteiger charge is 2.26. The van der Waals surface area contributed by atoms with Gasteiger partial charge in [0.1, 0.15) is 5.60 Å². The van der Waals surface area contributed by atoms with Crippen molar-refractivity contribution < 1.29 is 10.2 Å². The van der Waals surface area contributed by atoms with Crippen molar-refractivity contribution in [3.05, 3.63) is 0 Å². The molecule has 2 saturated carbocycles. The van der Waals surface area contributed by atoms with Gasteiger partial charge in [-0.15, -0.1) is 0 Å². The summed E-state index contributed by atoms with van der Waals surface area (Å²) in [6, 6.07) is 0. The maximum absolute atomic E-state index is 10.2. The van der Waals surface area contributed by atoms with Gasteiger partial charge in [-0.3, -0.25) is 0 Å². The summed E-state index contributed by atoms with van der Waals surface area (Å²) in [5.41, 5.74) is -0.807. The minimum atomic E-state index is -0.807. The van der Waals surface area contributed by atoms with Gasteiger partial charge in [-0.1, -0.05) is 31.1 Å². The molecule has 2 rings (SSSR count). The van der Waals surface area contributed by atoms with E-state index in [1.165, 1.54) is 6.42 Å². The Balaban J connectivity index is 1.91. The summed E-state index contributed by atoms with van der Waals surface area (Å²) in [5, 5.41) is 19.9. The Morgan fingerprint density at radius 3 is 2.33 bits per heavy atom. The molecule has 2 heteroatoms. The van der Waals surface area contributed by atoms with Crippen LogP contribution in [0.4, 0.5) is 0 Å². The number of aliphatic hydroxyl groups is 2. The molecule has 0 aromatic rings. The van der Waals surface area contributed by atoms with Gasteiger partial charge in [-0.2, -0.15) is 0 Å². The number of rotatable bonds is 0. The SMILES string of the molecule is OC1CCCCC1C#CC#CC1(O)CCCCC1. The third kappa shape index (κ3) is 3.77. The van der Waals surface area contributed by atoms with E-state index in [2.05, 4.69) is 23.7 Å². The molecule has 2 N–H and O–H groups in total. The Morgan fingerprint density at radius 1 is 0.889 bits per heavy atom. The number of aliphatic hydroxyl groups excluding tert-OH is 1. The molecule has 0 heterocycles. The van der Waals surface area contributed by atoms with Crippen LogP contribution in [0, 0.1) is 29.6 Å². The predicted octanol–water partition coefficient (Wildman–Crippen LogP) is 2.24. The van der Waals surface area contributed by atoms with Crippen molar-refractivity contribution in [2.24, 2.45) is 5.92 Å². The van der Waals surface area contributed by atoms with Gasteiger partial charge in [0.25, 0.3) is 0 Å². The second-order valence-electron chi connectivity index (χ2n) is 5.57. The van der Waals surface area contributed by atoms with Crippen molar-refractivity contribution >= 4 is 0 Å². The van der Waals surface area contributed by atoms with Crippen molar-refractivity contribution in [3.8, 4) is 23.7 Å². The van der Waals surface area contributed by atoms with Gasteiger partial charge in [0.15, 0.2) is 0 Å². The average Bonchev–Trinajstić information content (AvgIpc) is 2.37. The van der Waals surface area contributed by atoms with Gasteiger partial charge < -0.3 is 10.2 Å². The zero-order valence-corrected chi connectivity index (χ0v) is 10.9. The van der Waals surface area contributed by atoms with Gasteiger partial charge in [-0.25, -0.2) is 0 Å². The minimum Gasteiger partial charge on any atom is -0.392 e. The lowest BCUT2D eigenvalue weighted by Gasteiger charge is -2.26. The van der Waals surface area contributed by atoms with Gasteiger partial charge >= 0.3 is 0 Å². The lowest BCUT2D eigenvalue weighted by atomic mass is 9.85. The van der Waals surface area contributed by atoms with E-state index in [1.807, 2.05) is 0 Å². The van der Waals surface area contributed by atoms with Crippen LogP contribution >= 0.6 is 0 Å². The third-order valence-electron chi connectivity index (χ3n) is 4.03. The molecule has 0 bridgehead atoms. The third-order valence-corrected chi connectivity index (χ3v) is 4.03. The van der Waals surface area contributed by atoms with Crippen LogP contribution in [-0.2, 0) is 0 Å². The fraction of sp³-hybridized carbons (Fsp3) is 0.750. The first kappa shape index (κ1) is 13.5. The van der Waals surface area contributed by atoms with E-state index < -0.39 is 5.60 Å². The minimum absolute atomic E-state index is 0.0778. The van der Waals surface area contributed by atoms with Gasteiger partial charge in [-0.05, 0) is 50.4 Å². The summed E-state index contributed by atoms with van der Waals surface area (Å²) in [5.74, 6) is 11.6. The molecule has 2 atom stereocenters. The molecular weight excluding hydrogens is 224 g/mol. The van der Waals surface area contributed by atoms with Gasteiger partial charge in [0, 0.05) is 5.92 Å². The number of hydrogen-bond donors (Lipinski definition) is 2. The highest BCUT2D eigenvalue weighted by atomic mass is 16.3. The quantitative estimate of drug-likeness (QED) is 0.644. The van der Waals surface area contributed by atoms with Gasteiger partial charge in [0.2, 0.25) is 0 Å². The van der Waals surface area contributed by atoms with E-state index in [9.17, 15) is 10.2 Å².